The Morgan fingerprint density at radius 3 is 2.86 bits per heavy atom. The Morgan fingerprint density at radius 2 is 2.27 bits per heavy atom. The maximum Gasteiger partial charge on any atom is 0.321 e. The molecule has 1 aliphatic carbocycles. The molecule has 0 saturated heterocycles. The van der Waals surface area contributed by atoms with Crippen molar-refractivity contribution in [1.29, 1.82) is 0 Å². The number of halogens is 1. The molecule has 6 nitrogen and oxygen atoms in total. The number of amides is 2. The van der Waals surface area contributed by atoms with Gasteiger partial charge in [0, 0.05) is 19.7 Å². The predicted octanol–water partition coefficient (Wildman–Crippen LogP) is 3.06. The largest absolute Gasteiger partial charge is 0.340 e. The summed E-state index contributed by atoms with van der Waals surface area (Å²) < 4.78 is 18.8. The lowest BCUT2D eigenvalue weighted by Gasteiger charge is -2.16. The Morgan fingerprint density at radius 1 is 1.50 bits per heavy atom. The molecule has 1 fully saturated rings. The van der Waals surface area contributed by atoms with Crippen molar-refractivity contribution in [3.63, 3.8) is 0 Å². The third kappa shape index (κ3) is 3.24. The molecule has 0 spiro atoms. The predicted molar refractivity (Wildman–Crippen MR) is 77.9 cm³/mol. The summed E-state index contributed by atoms with van der Waals surface area (Å²) in [5, 5.41) is 6.39. The third-order valence-electron chi connectivity index (χ3n) is 3.56. The summed E-state index contributed by atoms with van der Waals surface area (Å²) in [5.41, 5.74) is 1.16. The van der Waals surface area contributed by atoms with Gasteiger partial charge >= 0.3 is 6.03 Å². The molecule has 7 heteroatoms. The number of nitrogens with zero attached hydrogens (tertiary/aromatic N) is 3. The molecule has 1 aromatic heterocycles. The van der Waals surface area contributed by atoms with Crippen LogP contribution in [0.3, 0.4) is 0 Å². The molecule has 2 aromatic rings. The minimum Gasteiger partial charge on any atom is -0.340 e. The Labute approximate surface area is 127 Å². The number of aryl methyl sites for hydroxylation is 1. The van der Waals surface area contributed by atoms with E-state index in [0.29, 0.717) is 23.3 Å². The number of hydrogen-bond donors (Lipinski definition) is 1. The van der Waals surface area contributed by atoms with Crippen LogP contribution in [-0.2, 0) is 6.54 Å². The van der Waals surface area contributed by atoms with Crippen LogP contribution < -0.4 is 5.32 Å². The molecule has 22 heavy (non-hydrogen) atoms. The number of anilines is 1. The second-order valence-corrected chi connectivity index (χ2v) is 5.53. The number of hydrogen-bond acceptors (Lipinski definition) is 4. The third-order valence-corrected chi connectivity index (χ3v) is 3.56. The highest BCUT2D eigenvalue weighted by Crippen LogP contribution is 2.41. The SMILES string of the molecule is Cc1nc(CN(C)C(=O)Nc2ccc(C3CC3)c(F)c2)no1. The zero-order valence-electron chi connectivity index (χ0n) is 12.5. The van der Waals surface area contributed by atoms with Gasteiger partial charge in [-0.2, -0.15) is 4.98 Å². The molecule has 0 radical (unpaired) electrons. The van der Waals surface area contributed by atoms with Crippen LogP contribution in [0.2, 0.25) is 0 Å². The second kappa shape index (κ2) is 5.75. The van der Waals surface area contributed by atoms with Crippen LogP contribution in [0, 0.1) is 12.7 Å². The molecule has 0 aliphatic heterocycles. The number of aromatic nitrogens is 2. The lowest BCUT2D eigenvalue weighted by Crippen LogP contribution is -2.31. The average molecular weight is 304 g/mol. The van der Waals surface area contributed by atoms with E-state index in [2.05, 4.69) is 15.5 Å². The van der Waals surface area contributed by atoms with E-state index in [1.807, 2.05) is 0 Å². The van der Waals surface area contributed by atoms with Gasteiger partial charge in [-0.3, -0.25) is 0 Å². The molecule has 1 aliphatic rings. The Hall–Kier alpha value is -2.44. The Bertz CT molecular complexity index is 697. The minimum absolute atomic E-state index is 0.214. The van der Waals surface area contributed by atoms with Gasteiger partial charge in [0.25, 0.3) is 0 Å². The van der Waals surface area contributed by atoms with E-state index >= 15 is 0 Å². The number of nitrogens with one attached hydrogen (secondary N) is 1. The van der Waals surface area contributed by atoms with E-state index in [1.54, 1.807) is 26.1 Å². The van der Waals surface area contributed by atoms with Crippen molar-refractivity contribution >= 4 is 11.7 Å². The average Bonchev–Trinajstić information content (AvgIpc) is 3.22. The van der Waals surface area contributed by atoms with Crippen molar-refractivity contribution in [1.82, 2.24) is 15.0 Å². The van der Waals surface area contributed by atoms with Crippen LogP contribution >= 0.6 is 0 Å². The van der Waals surface area contributed by atoms with Crippen LogP contribution in [-0.4, -0.2) is 28.1 Å². The molecule has 1 heterocycles. The van der Waals surface area contributed by atoms with Gasteiger partial charge in [0.15, 0.2) is 5.82 Å². The van der Waals surface area contributed by atoms with Crippen LogP contribution in [0.5, 0.6) is 0 Å². The van der Waals surface area contributed by atoms with E-state index in [-0.39, 0.29) is 18.4 Å². The van der Waals surface area contributed by atoms with Crippen LogP contribution in [0.1, 0.15) is 36.0 Å². The highest BCUT2D eigenvalue weighted by Gasteiger charge is 2.26. The Balaban J connectivity index is 1.62. The van der Waals surface area contributed by atoms with Gasteiger partial charge in [0.05, 0.1) is 6.54 Å². The highest BCUT2D eigenvalue weighted by atomic mass is 19.1. The Kier molecular flexibility index (Phi) is 3.79. The molecular weight excluding hydrogens is 287 g/mol. The molecular formula is C15H17FN4O2. The van der Waals surface area contributed by atoms with Crippen molar-refractivity contribution in [3.8, 4) is 0 Å². The first-order valence-electron chi connectivity index (χ1n) is 7.13. The van der Waals surface area contributed by atoms with Crippen molar-refractivity contribution < 1.29 is 13.7 Å². The van der Waals surface area contributed by atoms with E-state index in [0.717, 1.165) is 18.4 Å². The van der Waals surface area contributed by atoms with Crippen molar-refractivity contribution in [3.05, 3.63) is 41.3 Å². The van der Waals surface area contributed by atoms with E-state index < -0.39 is 0 Å². The quantitative estimate of drug-likeness (QED) is 0.942. The fourth-order valence-electron chi connectivity index (χ4n) is 2.24. The summed E-state index contributed by atoms with van der Waals surface area (Å²) >= 11 is 0. The van der Waals surface area contributed by atoms with Gasteiger partial charge in [-0.05, 0) is 36.5 Å². The molecule has 2 amide bonds. The van der Waals surface area contributed by atoms with Crippen LogP contribution in [0.25, 0.3) is 0 Å². The lowest BCUT2D eigenvalue weighted by atomic mass is 10.1. The summed E-state index contributed by atoms with van der Waals surface area (Å²) in [6.07, 6.45) is 2.07. The normalized spacial score (nSPS) is 14.0. The molecule has 0 unspecified atom stereocenters. The minimum atomic E-state index is -0.360. The van der Waals surface area contributed by atoms with E-state index in [4.69, 9.17) is 4.52 Å². The monoisotopic (exact) mass is 304 g/mol. The first-order valence-corrected chi connectivity index (χ1v) is 7.13. The van der Waals surface area contributed by atoms with Crippen molar-refractivity contribution in [2.45, 2.75) is 32.2 Å². The van der Waals surface area contributed by atoms with Crippen molar-refractivity contribution in [2.75, 3.05) is 12.4 Å². The van der Waals surface area contributed by atoms with Gasteiger partial charge in [-0.1, -0.05) is 11.2 Å². The lowest BCUT2D eigenvalue weighted by molar-refractivity contribution is 0.219. The van der Waals surface area contributed by atoms with E-state index in [1.165, 1.54) is 11.0 Å². The molecule has 0 bridgehead atoms. The maximum atomic E-state index is 13.9. The molecule has 1 saturated carbocycles. The molecule has 1 aromatic carbocycles. The highest BCUT2D eigenvalue weighted by molar-refractivity contribution is 5.89. The first-order chi connectivity index (χ1) is 10.5. The zero-order chi connectivity index (χ0) is 15.7. The van der Waals surface area contributed by atoms with Gasteiger partial charge < -0.3 is 14.7 Å². The van der Waals surface area contributed by atoms with Gasteiger partial charge in [0.1, 0.15) is 5.82 Å². The van der Waals surface area contributed by atoms with Gasteiger partial charge in [0.2, 0.25) is 5.89 Å². The van der Waals surface area contributed by atoms with Crippen molar-refractivity contribution in [2.24, 2.45) is 0 Å². The standard InChI is InChI=1S/C15H17FN4O2/c1-9-17-14(19-22-9)8-20(2)15(21)18-11-5-6-12(10-3-4-10)13(16)7-11/h5-7,10H,3-4,8H2,1-2H3,(H,18,21). The summed E-state index contributed by atoms with van der Waals surface area (Å²) in [6, 6.07) is 4.46. The topological polar surface area (TPSA) is 71.3 Å². The van der Waals surface area contributed by atoms with Gasteiger partial charge in [-0.25, -0.2) is 9.18 Å². The fraction of sp³-hybridized carbons (Fsp3) is 0.400. The molecule has 0 atom stereocenters. The first kappa shape index (κ1) is 14.5. The van der Waals surface area contributed by atoms with E-state index in [9.17, 15) is 9.18 Å². The summed E-state index contributed by atoms with van der Waals surface area (Å²) in [5.74, 6) is 0.942. The smallest absolute Gasteiger partial charge is 0.321 e. The number of carbonyl (C=O) groups is 1. The second-order valence-electron chi connectivity index (χ2n) is 5.53. The number of benzene rings is 1. The van der Waals surface area contributed by atoms with Crippen LogP contribution in [0.4, 0.5) is 14.9 Å². The van der Waals surface area contributed by atoms with Gasteiger partial charge in [-0.15, -0.1) is 0 Å². The molecule has 116 valence electrons. The fourth-order valence-corrected chi connectivity index (χ4v) is 2.24. The molecule has 3 rings (SSSR count). The number of rotatable bonds is 4. The van der Waals surface area contributed by atoms with Crippen LogP contribution in [0.15, 0.2) is 22.7 Å². The summed E-state index contributed by atoms with van der Waals surface area (Å²) in [4.78, 5) is 17.5. The summed E-state index contributed by atoms with van der Waals surface area (Å²) in [7, 11) is 1.61. The number of urea groups is 1. The zero-order valence-corrected chi connectivity index (χ0v) is 12.5. The number of carbonyl (C=O) groups excluding carboxylic acids is 1. The molecule has 1 N–H and O–H groups in total. The summed E-state index contributed by atoms with van der Waals surface area (Å²) in [6.45, 7) is 1.90. The maximum absolute atomic E-state index is 13.9.